The normalized spacial score (nSPS) is 18.4. The van der Waals surface area contributed by atoms with Crippen molar-refractivity contribution in [1.29, 1.82) is 5.26 Å². The van der Waals surface area contributed by atoms with Crippen LogP contribution >= 0.6 is 11.6 Å². The molecule has 0 atom stereocenters. The number of hydrogen-bond acceptors (Lipinski definition) is 8. The molecule has 2 aromatic carbocycles. The topological polar surface area (TPSA) is 104 Å². The number of fused-ring (bicyclic) bond motifs is 1. The molecule has 0 unspecified atom stereocenters. The van der Waals surface area contributed by atoms with Gasteiger partial charge in [-0.3, -0.25) is 4.90 Å². The summed E-state index contributed by atoms with van der Waals surface area (Å²) in [5, 5.41) is 14.0. The number of benzene rings is 2. The average Bonchev–Trinajstić information content (AvgIpc) is 3.78. The molecule has 230 valence electrons. The van der Waals surface area contributed by atoms with Crippen molar-refractivity contribution < 1.29 is 14.3 Å². The summed E-state index contributed by atoms with van der Waals surface area (Å²) < 4.78 is 12.1. The number of rotatable bonds is 6. The Bertz CT molecular complexity index is 1620. The van der Waals surface area contributed by atoms with Gasteiger partial charge in [0.1, 0.15) is 23.5 Å². The van der Waals surface area contributed by atoms with Crippen LogP contribution in [-0.2, 0) is 10.2 Å². The van der Waals surface area contributed by atoms with E-state index in [0.29, 0.717) is 45.9 Å². The fraction of sp³-hybridized carbons (Fsp3) is 0.471. The first-order chi connectivity index (χ1) is 20.9. The molecule has 10 heteroatoms. The van der Waals surface area contributed by atoms with Crippen molar-refractivity contribution in [2.45, 2.75) is 83.5 Å². The van der Waals surface area contributed by atoms with Crippen molar-refractivity contribution >= 4 is 35.0 Å². The maximum absolute atomic E-state index is 13.1. The second-order valence-electron chi connectivity index (χ2n) is 13.6. The molecule has 1 saturated carbocycles. The first-order valence-corrected chi connectivity index (χ1v) is 15.7. The lowest BCUT2D eigenvalue weighted by Crippen LogP contribution is -2.39. The number of halogens is 1. The van der Waals surface area contributed by atoms with Crippen LogP contribution in [0.4, 0.5) is 22.1 Å². The molecule has 2 aliphatic heterocycles. The van der Waals surface area contributed by atoms with Gasteiger partial charge in [0, 0.05) is 47.9 Å². The Morgan fingerprint density at radius 2 is 1.86 bits per heavy atom. The summed E-state index contributed by atoms with van der Waals surface area (Å²) >= 11 is 6.39. The Balaban J connectivity index is 1.26. The lowest BCUT2D eigenvalue weighted by molar-refractivity contribution is 0.0579. The largest absolute Gasteiger partial charge is 0.488 e. The molecule has 3 heterocycles. The number of nitriles is 1. The van der Waals surface area contributed by atoms with Crippen molar-refractivity contribution in [2.24, 2.45) is 0 Å². The number of amides is 1. The van der Waals surface area contributed by atoms with Gasteiger partial charge in [0.25, 0.3) is 0 Å². The van der Waals surface area contributed by atoms with E-state index in [1.54, 1.807) is 17.2 Å². The summed E-state index contributed by atoms with van der Waals surface area (Å²) in [4.78, 5) is 26.5. The van der Waals surface area contributed by atoms with E-state index in [0.717, 1.165) is 43.1 Å². The Morgan fingerprint density at radius 1 is 1.11 bits per heavy atom. The molecule has 1 aliphatic carbocycles. The highest BCUT2D eigenvalue weighted by Gasteiger charge is 2.42. The number of hydrogen-bond donors (Lipinski definition) is 1. The minimum atomic E-state index is -0.650. The van der Waals surface area contributed by atoms with Crippen molar-refractivity contribution in [2.75, 3.05) is 29.9 Å². The third-order valence-corrected chi connectivity index (χ3v) is 8.60. The van der Waals surface area contributed by atoms with E-state index in [2.05, 4.69) is 35.1 Å². The summed E-state index contributed by atoms with van der Waals surface area (Å²) in [7, 11) is 0. The first-order valence-electron chi connectivity index (χ1n) is 15.3. The quantitative estimate of drug-likeness (QED) is 0.305. The number of anilines is 3. The zero-order valence-electron chi connectivity index (χ0n) is 26.0. The van der Waals surface area contributed by atoms with Crippen LogP contribution in [0.1, 0.15) is 71.4 Å². The standard InChI is InChI=1S/C34H39ClN6O3/c1-33(2,3)44-32(42)41-20-34(4,5)26-17-21(16-22(19-36)30(26)41)27-10-13-37-31(38-27)39-28-18-23(35)6-9-29(28)43-25-11-14-40(15-12-25)24-7-8-24/h6,9-10,13,16-18,24-25H,7-8,11-12,14-15,20H2,1-5H3,(H,37,38,39). The molecule has 6 rings (SSSR count). The monoisotopic (exact) mass is 614 g/mol. The van der Waals surface area contributed by atoms with Crippen LogP contribution in [0.15, 0.2) is 42.6 Å². The van der Waals surface area contributed by atoms with Gasteiger partial charge in [-0.25, -0.2) is 14.8 Å². The molecule has 1 saturated heterocycles. The summed E-state index contributed by atoms with van der Waals surface area (Å²) in [6.45, 7) is 12.2. The van der Waals surface area contributed by atoms with Crippen LogP contribution in [0.3, 0.4) is 0 Å². The van der Waals surface area contributed by atoms with Crippen LogP contribution < -0.4 is 15.0 Å². The minimum absolute atomic E-state index is 0.137. The highest BCUT2D eigenvalue weighted by Crippen LogP contribution is 2.45. The van der Waals surface area contributed by atoms with Crippen LogP contribution in [0.5, 0.6) is 5.75 Å². The van der Waals surface area contributed by atoms with Gasteiger partial charge in [-0.1, -0.05) is 25.4 Å². The van der Waals surface area contributed by atoms with E-state index < -0.39 is 17.1 Å². The van der Waals surface area contributed by atoms with Crippen LogP contribution in [-0.4, -0.2) is 58.3 Å². The van der Waals surface area contributed by atoms with Gasteiger partial charge in [0.05, 0.1) is 22.6 Å². The number of carbonyl (C=O) groups excluding carboxylic acids is 1. The Morgan fingerprint density at radius 3 is 2.55 bits per heavy atom. The van der Waals surface area contributed by atoms with Gasteiger partial charge >= 0.3 is 6.09 Å². The molecule has 1 N–H and O–H groups in total. The predicted octanol–water partition coefficient (Wildman–Crippen LogP) is 7.45. The first kappa shape index (κ1) is 30.2. The molecule has 1 amide bonds. The number of aromatic nitrogens is 2. The van der Waals surface area contributed by atoms with Gasteiger partial charge in [0.15, 0.2) is 0 Å². The number of ether oxygens (including phenoxy) is 2. The highest BCUT2D eigenvalue weighted by molar-refractivity contribution is 6.31. The molecule has 3 aromatic rings. The molecule has 44 heavy (non-hydrogen) atoms. The molecular weight excluding hydrogens is 576 g/mol. The summed E-state index contributed by atoms with van der Waals surface area (Å²) in [5.41, 5.74) is 2.92. The number of carbonyl (C=O) groups is 1. The van der Waals surface area contributed by atoms with Crippen molar-refractivity contribution in [3.63, 3.8) is 0 Å². The zero-order chi connectivity index (χ0) is 31.2. The fourth-order valence-corrected chi connectivity index (χ4v) is 6.26. The summed E-state index contributed by atoms with van der Waals surface area (Å²) in [5.74, 6) is 1.09. The fourth-order valence-electron chi connectivity index (χ4n) is 6.09. The SMILES string of the molecule is CC(C)(C)OC(=O)N1CC(C)(C)c2cc(-c3ccnc(Nc4cc(Cl)ccc4OC4CCN(C5CC5)CC4)n3)cc(C#N)c21. The predicted molar refractivity (Wildman–Crippen MR) is 172 cm³/mol. The second kappa shape index (κ2) is 11.6. The van der Waals surface area contributed by atoms with Crippen molar-refractivity contribution in [3.8, 4) is 23.1 Å². The highest BCUT2D eigenvalue weighted by atomic mass is 35.5. The van der Waals surface area contributed by atoms with E-state index in [1.807, 2.05) is 51.1 Å². The third kappa shape index (κ3) is 6.47. The van der Waals surface area contributed by atoms with E-state index in [9.17, 15) is 10.1 Å². The Labute approximate surface area is 264 Å². The average molecular weight is 615 g/mol. The van der Waals surface area contributed by atoms with E-state index in [-0.39, 0.29) is 6.10 Å². The van der Waals surface area contributed by atoms with Crippen LogP contribution in [0.2, 0.25) is 5.02 Å². The van der Waals surface area contributed by atoms with E-state index >= 15 is 0 Å². The van der Waals surface area contributed by atoms with Gasteiger partial charge in [-0.05, 0) is 88.4 Å². The third-order valence-electron chi connectivity index (χ3n) is 8.37. The maximum Gasteiger partial charge on any atom is 0.414 e. The number of nitrogens with one attached hydrogen (secondary N) is 1. The lowest BCUT2D eigenvalue weighted by Gasteiger charge is -2.32. The second-order valence-corrected chi connectivity index (χ2v) is 14.0. The van der Waals surface area contributed by atoms with E-state index in [1.165, 1.54) is 12.8 Å². The Hall–Kier alpha value is -3.87. The maximum atomic E-state index is 13.1. The van der Waals surface area contributed by atoms with Gasteiger partial charge in [0.2, 0.25) is 5.95 Å². The molecule has 2 fully saturated rings. The van der Waals surface area contributed by atoms with Gasteiger partial charge in [-0.15, -0.1) is 0 Å². The molecule has 0 bridgehead atoms. The summed E-state index contributed by atoms with van der Waals surface area (Å²) in [6, 6.07) is 14.2. The minimum Gasteiger partial charge on any atom is -0.488 e. The number of likely N-dealkylation sites (tertiary alicyclic amines) is 1. The van der Waals surface area contributed by atoms with Crippen molar-refractivity contribution in [3.05, 3.63) is 58.7 Å². The number of nitrogens with zero attached hydrogens (tertiary/aromatic N) is 5. The molecular formula is C34H39ClN6O3. The smallest absolute Gasteiger partial charge is 0.414 e. The lowest BCUT2D eigenvalue weighted by atomic mass is 9.85. The summed E-state index contributed by atoms with van der Waals surface area (Å²) in [6.07, 6.45) is 5.98. The molecule has 0 radical (unpaired) electrons. The molecule has 3 aliphatic rings. The van der Waals surface area contributed by atoms with Crippen molar-refractivity contribution in [1.82, 2.24) is 14.9 Å². The van der Waals surface area contributed by atoms with Gasteiger partial charge in [-0.2, -0.15) is 5.26 Å². The van der Waals surface area contributed by atoms with E-state index in [4.69, 9.17) is 26.1 Å². The molecule has 0 spiro atoms. The zero-order valence-corrected chi connectivity index (χ0v) is 26.7. The molecule has 1 aromatic heterocycles. The Kier molecular flexibility index (Phi) is 7.93. The molecule has 9 nitrogen and oxygen atoms in total. The van der Waals surface area contributed by atoms with Gasteiger partial charge < -0.3 is 19.7 Å². The van der Waals surface area contributed by atoms with Crippen LogP contribution in [0.25, 0.3) is 11.3 Å². The van der Waals surface area contributed by atoms with Crippen LogP contribution in [0, 0.1) is 11.3 Å². The number of piperidine rings is 1.